The van der Waals surface area contributed by atoms with E-state index in [1.807, 2.05) is 48.9 Å². The number of fused-ring (bicyclic) bond motifs is 1. The lowest BCUT2D eigenvalue weighted by atomic mass is 9.98. The summed E-state index contributed by atoms with van der Waals surface area (Å²) in [6, 6.07) is 16.4. The topological polar surface area (TPSA) is 109 Å². The molecule has 1 unspecified atom stereocenters. The van der Waals surface area contributed by atoms with Gasteiger partial charge in [0.1, 0.15) is 17.5 Å². The van der Waals surface area contributed by atoms with Crippen LogP contribution >= 0.6 is 11.6 Å². The molecule has 2 aromatic carbocycles. The first kappa shape index (κ1) is 25.5. The number of amides is 2. The minimum Gasteiger partial charge on any atom is -0.300 e. The predicted molar refractivity (Wildman–Crippen MR) is 139 cm³/mol. The van der Waals surface area contributed by atoms with Gasteiger partial charge in [-0.1, -0.05) is 62.2 Å². The van der Waals surface area contributed by atoms with E-state index in [4.69, 9.17) is 16.6 Å². The van der Waals surface area contributed by atoms with Gasteiger partial charge in [0.15, 0.2) is 0 Å². The van der Waals surface area contributed by atoms with E-state index in [-0.39, 0.29) is 10.8 Å². The molecule has 0 fully saturated rings. The van der Waals surface area contributed by atoms with Crippen molar-refractivity contribution < 1.29 is 18.0 Å². The molecule has 0 radical (unpaired) electrons. The minimum absolute atomic E-state index is 0.134. The van der Waals surface area contributed by atoms with Gasteiger partial charge in [-0.3, -0.25) is 19.6 Å². The fourth-order valence-corrected chi connectivity index (χ4v) is 5.06. The predicted octanol–water partition coefficient (Wildman–Crippen LogP) is 3.84. The Kier molecular flexibility index (Phi) is 7.51. The first-order chi connectivity index (χ1) is 17.2. The van der Waals surface area contributed by atoms with Crippen molar-refractivity contribution in [2.24, 2.45) is 10.9 Å². The molecule has 2 amide bonds. The number of nitrogens with one attached hydrogen (secondary N) is 1. The van der Waals surface area contributed by atoms with E-state index in [9.17, 15) is 18.0 Å². The highest BCUT2D eigenvalue weighted by Gasteiger charge is 2.36. The zero-order valence-electron chi connectivity index (χ0n) is 19.8. The monoisotopic (exact) mass is 524 g/mol. The zero-order chi connectivity index (χ0) is 25.9. The van der Waals surface area contributed by atoms with E-state index >= 15 is 0 Å². The first-order valence-corrected chi connectivity index (χ1v) is 13.3. The number of pyridine rings is 1. The van der Waals surface area contributed by atoms with Gasteiger partial charge < -0.3 is 4.90 Å². The molecule has 36 heavy (non-hydrogen) atoms. The van der Waals surface area contributed by atoms with Crippen molar-refractivity contribution in [3.05, 3.63) is 89.2 Å². The van der Waals surface area contributed by atoms with Gasteiger partial charge in [0, 0.05) is 28.5 Å². The van der Waals surface area contributed by atoms with Crippen LogP contribution in [0.4, 0.5) is 5.69 Å². The number of halogens is 1. The number of benzodiazepines with no additional fused rings is 1. The second-order valence-corrected chi connectivity index (χ2v) is 10.6. The third-order valence-corrected chi connectivity index (χ3v) is 7.61. The number of hydrogen-bond acceptors (Lipinski definition) is 6. The van der Waals surface area contributed by atoms with E-state index in [1.54, 1.807) is 18.2 Å². The Bertz CT molecular complexity index is 1410. The number of carbonyl (C=O) groups excluding carboxylic acids is 2. The van der Waals surface area contributed by atoms with Gasteiger partial charge in [-0.15, -0.1) is 0 Å². The first-order valence-electron chi connectivity index (χ1n) is 11.4. The molecule has 2 heterocycles. The summed E-state index contributed by atoms with van der Waals surface area (Å²) in [6.07, 6.45) is 3.25. The third-order valence-electron chi connectivity index (χ3n) is 6.02. The maximum atomic E-state index is 13.8. The van der Waals surface area contributed by atoms with Crippen LogP contribution in [-0.4, -0.2) is 43.5 Å². The summed E-state index contributed by atoms with van der Waals surface area (Å²) in [5, 5.41) is 0.440. The summed E-state index contributed by atoms with van der Waals surface area (Å²) in [4.78, 5) is 36.5. The zero-order valence-corrected chi connectivity index (χ0v) is 21.3. The quantitative estimate of drug-likeness (QED) is 0.505. The second kappa shape index (κ2) is 10.6. The summed E-state index contributed by atoms with van der Waals surface area (Å²) in [5.41, 5.74) is 2.38. The number of carbonyl (C=O) groups is 2. The Morgan fingerprint density at radius 3 is 2.56 bits per heavy atom. The molecule has 4 rings (SSSR count). The minimum atomic E-state index is -4.16. The summed E-state index contributed by atoms with van der Waals surface area (Å²) >= 11 is 6.33. The summed E-state index contributed by atoms with van der Waals surface area (Å²) < 4.78 is 27.4. The van der Waals surface area contributed by atoms with Crippen molar-refractivity contribution in [3.63, 3.8) is 0 Å². The molecule has 1 aliphatic rings. The molecule has 0 spiro atoms. The van der Waals surface area contributed by atoms with Crippen molar-refractivity contribution in [2.45, 2.75) is 31.2 Å². The molecule has 3 aromatic rings. The molecule has 8 nitrogen and oxygen atoms in total. The van der Waals surface area contributed by atoms with E-state index < -0.39 is 34.4 Å². The number of rotatable bonds is 7. The van der Waals surface area contributed by atoms with Crippen molar-refractivity contribution in [3.8, 4) is 0 Å². The molecule has 186 valence electrons. The molecular formula is C26H25ClN4O4S. The Labute approximate surface area is 215 Å². The van der Waals surface area contributed by atoms with Crippen LogP contribution in [0.5, 0.6) is 0 Å². The van der Waals surface area contributed by atoms with Crippen molar-refractivity contribution >= 4 is 44.8 Å². The Balaban J connectivity index is 1.77. The summed E-state index contributed by atoms with van der Waals surface area (Å²) in [6.45, 7) is 3.36. The van der Waals surface area contributed by atoms with Crippen molar-refractivity contribution in [2.75, 3.05) is 11.4 Å². The van der Waals surface area contributed by atoms with E-state index in [0.29, 0.717) is 28.4 Å². The lowest BCUT2D eigenvalue weighted by Gasteiger charge is -2.26. The van der Waals surface area contributed by atoms with Crippen LogP contribution in [-0.2, 0) is 19.6 Å². The van der Waals surface area contributed by atoms with Gasteiger partial charge in [-0.25, -0.2) is 13.1 Å². The lowest BCUT2D eigenvalue weighted by molar-refractivity contribution is -0.124. The molecule has 1 aliphatic heterocycles. The second-order valence-electron chi connectivity index (χ2n) is 8.48. The van der Waals surface area contributed by atoms with Crippen molar-refractivity contribution in [1.29, 1.82) is 0 Å². The summed E-state index contributed by atoms with van der Waals surface area (Å²) in [5.74, 6) is -1.39. The highest BCUT2D eigenvalue weighted by Crippen LogP contribution is 2.33. The van der Waals surface area contributed by atoms with Gasteiger partial charge in [0.25, 0.3) is 21.8 Å². The van der Waals surface area contributed by atoms with Gasteiger partial charge in [-0.05, 0) is 36.2 Å². The van der Waals surface area contributed by atoms with Gasteiger partial charge in [0.05, 0.1) is 11.4 Å². The number of anilines is 1. The van der Waals surface area contributed by atoms with Crippen LogP contribution in [0.3, 0.4) is 0 Å². The Morgan fingerprint density at radius 1 is 1.14 bits per heavy atom. The molecule has 2 atom stereocenters. The van der Waals surface area contributed by atoms with Crippen molar-refractivity contribution in [1.82, 2.24) is 9.71 Å². The number of benzene rings is 2. The molecule has 1 aromatic heterocycles. The number of hydrogen-bond donors (Lipinski definition) is 1. The molecule has 0 aliphatic carbocycles. The van der Waals surface area contributed by atoms with Gasteiger partial charge in [0.2, 0.25) is 0 Å². The third kappa shape index (κ3) is 5.32. The van der Waals surface area contributed by atoms with Crippen LogP contribution in [0.2, 0.25) is 5.02 Å². The standard InChI is InChI=1S/C26H25ClN4O4S/c1-3-17(2)24-26(33)31(16-23(32)30-36(34,35)20-10-7-13-28-15-20)22-12-11-19(27)14-21(22)25(29-24)18-8-5-4-6-9-18/h4-15,17,24H,3,16H2,1-2H3,(H,30,32)/t17-,24?/m0/s1. The molecular weight excluding hydrogens is 500 g/mol. The van der Waals surface area contributed by atoms with Crippen LogP contribution in [0, 0.1) is 5.92 Å². The van der Waals surface area contributed by atoms with E-state index in [1.165, 1.54) is 23.2 Å². The van der Waals surface area contributed by atoms with E-state index in [0.717, 1.165) is 11.8 Å². The maximum absolute atomic E-state index is 13.8. The fraction of sp³-hybridized carbons (Fsp3) is 0.231. The molecule has 0 saturated carbocycles. The Morgan fingerprint density at radius 2 is 1.89 bits per heavy atom. The maximum Gasteiger partial charge on any atom is 0.265 e. The average Bonchev–Trinajstić information content (AvgIpc) is 2.99. The fourth-order valence-electron chi connectivity index (χ4n) is 3.95. The molecule has 0 bridgehead atoms. The van der Waals surface area contributed by atoms with E-state index in [2.05, 4.69) is 4.98 Å². The van der Waals surface area contributed by atoms with Gasteiger partial charge in [-0.2, -0.15) is 0 Å². The number of aromatic nitrogens is 1. The van der Waals surface area contributed by atoms with Crippen LogP contribution < -0.4 is 9.62 Å². The summed E-state index contributed by atoms with van der Waals surface area (Å²) in [7, 11) is -4.16. The van der Waals surface area contributed by atoms with Crippen LogP contribution in [0.15, 0.2) is 82.9 Å². The number of aliphatic imine (C=N–C) groups is 1. The Hall–Kier alpha value is -3.56. The largest absolute Gasteiger partial charge is 0.300 e. The normalized spacial score (nSPS) is 16.5. The van der Waals surface area contributed by atoms with Crippen LogP contribution in [0.25, 0.3) is 0 Å². The average molecular weight is 525 g/mol. The van der Waals surface area contributed by atoms with Crippen LogP contribution in [0.1, 0.15) is 31.4 Å². The smallest absolute Gasteiger partial charge is 0.265 e. The van der Waals surface area contributed by atoms with Gasteiger partial charge >= 0.3 is 0 Å². The SMILES string of the molecule is CC[C@H](C)C1N=C(c2ccccc2)c2cc(Cl)ccc2N(CC(=O)NS(=O)(=O)c2cccnc2)C1=O. The highest BCUT2D eigenvalue weighted by atomic mass is 35.5. The molecule has 0 saturated heterocycles. The molecule has 1 N–H and O–H groups in total. The highest BCUT2D eigenvalue weighted by molar-refractivity contribution is 7.90. The number of nitrogens with zero attached hydrogens (tertiary/aromatic N) is 3. The number of sulfonamides is 1. The molecule has 10 heteroatoms. The lowest BCUT2D eigenvalue weighted by Crippen LogP contribution is -2.47.